The zero-order valence-corrected chi connectivity index (χ0v) is 14.0. The van der Waals surface area contributed by atoms with Gasteiger partial charge in [-0.05, 0) is 24.6 Å². The number of benzene rings is 1. The Hall–Kier alpha value is -1.36. The molecule has 0 aliphatic rings. The van der Waals surface area contributed by atoms with Gasteiger partial charge in [-0.15, -0.1) is 0 Å². The van der Waals surface area contributed by atoms with Gasteiger partial charge in [0.1, 0.15) is 5.82 Å². The molecule has 0 bridgehead atoms. The van der Waals surface area contributed by atoms with Gasteiger partial charge >= 0.3 is 0 Å². The van der Waals surface area contributed by atoms with Crippen LogP contribution in [0.25, 0.3) is 0 Å². The summed E-state index contributed by atoms with van der Waals surface area (Å²) in [4.78, 5) is 4.32. The molecule has 22 heavy (non-hydrogen) atoms. The van der Waals surface area contributed by atoms with Crippen LogP contribution in [0.4, 0.5) is 0 Å². The molecule has 0 spiro atoms. The predicted octanol–water partition coefficient (Wildman–Crippen LogP) is 3.80. The average Bonchev–Trinajstić information content (AvgIpc) is 2.94. The van der Waals surface area contributed by atoms with Crippen LogP contribution in [0, 0.1) is 0 Å². The molecule has 2 rings (SSSR count). The molecular formula is C17H23ClN2O2. The fourth-order valence-electron chi connectivity index (χ4n) is 2.34. The van der Waals surface area contributed by atoms with Crippen molar-refractivity contribution in [3.05, 3.63) is 53.1 Å². The lowest BCUT2D eigenvalue weighted by Crippen LogP contribution is -2.23. The van der Waals surface area contributed by atoms with Crippen molar-refractivity contribution in [3.63, 3.8) is 0 Å². The highest BCUT2D eigenvalue weighted by Crippen LogP contribution is 2.19. The van der Waals surface area contributed by atoms with Crippen LogP contribution in [0.3, 0.4) is 0 Å². The fraction of sp³-hybridized carbons (Fsp3) is 0.471. The lowest BCUT2D eigenvalue weighted by Gasteiger charge is -2.18. The summed E-state index contributed by atoms with van der Waals surface area (Å²) in [6, 6.07) is 7.55. The van der Waals surface area contributed by atoms with Crippen molar-refractivity contribution in [3.8, 4) is 0 Å². The normalized spacial score (nSPS) is 14.3. The van der Waals surface area contributed by atoms with Crippen molar-refractivity contribution in [1.29, 1.82) is 0 Å². The lowest BCUT2D eigenvalue weighted by atomic mass is 10.1. The van der Waals surface area contributed by atoms with E-state index in [0.717, 1.165) is 11.4 Å². The molecule has 0 saturated heterocycles. The molecule has 0 saturated carbocycles. The second-order valence-electron chi connectivity index (χ2n) is 5.77. The number of imidazole rings is 1. The molecule has 1 N–H and O–H groups in total. The first kappa shape index (κ1) is 17.0. The maximum Gasteiger partial charge on any atom is 0.111 e. The van der Waals surface area contributed by atoms with Crippen LogP contribution in [0.1, 0.15) is 44.2 Å². The Morgan fingerprint density at radius 3 is 2.55 bits per heavy atom. The van der Waals surface area contributed by atoms with Crippen molar-refractivity contribution >= 4 is 11.6 Å². The van der Waals surface area contributed by atoms with Crippen molar-refractivity contribution in [2.24, 2.45) is 0 Å². The molecule has 120 valence electrons. The third-order valence-corrected chi connectivity index (χ3v) is 3.80. The molecule has 0 aliphatic heterocycles. The molecular weight excluding hydrogens is 300 g/mol. The summed E-state index contributed by atoms with van der Waals surface area (Å²) in [5.41, 5.74) is 1.04. The Labute approximate surface area is 136 Å². The summed E-state index contributed by atoms with van der Waals surface area (Å²) in [5, 5.41) is 10.9. The van der Waals surface area contributed by atoms with Crippen LogP contribution in [-0.2, 0) is 11.3 Å². The summed E-state index contributed by atoms with van der Waals surface area (Å²) in [6.07, 6.45) is 3.00. The van der Waals surface area contributed by atoms with Gasteiger partial charge in [0, 0.05) is 23.3 Å². The highest BCUT2D eigenvalue weighted by Gasteiger charge is 2.13. The number of halogens is 1. The largest absolute Gasteiger partial charge is 0.389 e. The second-order valence-corrected chi connectivity index (χ2v) is 6.21. The van der Waals surface area contributed by atoms with Gasteiger partial charge in [0.15, 0.2) is 0 Å². The van der Waals surface area contributed by atoms with Gasteiger partial charge in [-0.25, -0.2) is 4.98 Å². The van der Waals surface area contributed by atoms with Crippen molar-refractivity contribution in [2.45, 2.75) is 45.4 Å². The van der Waals surface area contributed by atoms with Crippen LogP contribution in [0.15, 0.2) is 36.7 Å². The van der Waals surface area contributed by atoms with Crippen molar-refractivity contribution in [1.82, 2.24) is 9.55 Å². The summed E-state index contributed by atoms with van der Waals surface area (Å²) >= 11 is 5.87. The number of aliphatic hydroxyl groups is 1. The standard InChI is InChI=1S/C17H23ClN2O2/c1-12(2)17-19-8-9-20(17)10-16(21)11-22-13(3)14-4-6-15(18)7-5-14/h4-9,12-13,16,21H,10-11H2,1-3H3. The predicted molar refractivity (Wildman–Crippen MR) is 88.1 cm³/mol. The summed E-state index contributed by atoms with van der Waals surface area (Å²) in [7, 11) is 0. The molecule has 2 atom stereocenters. The number of hydrogen-bond acceptors (Lipinski definition) is 3. The van der Waals surface area contributed by atoms with E-state index in [0.29, 0.717) is 17.5 Å². The number of rotatable bonds is 7. The molecule has 2 unspecified atom stereocenters. The first-order valence-electron chi connectivity index (χ1n) is 7.53. The molecule has 2 aromatic rings. The van der Waals surface area contributed by atoms with E-state index in [1.165, 1.54) is 0 Å². The lowest BCUT2D eigenvalue weighted by molar-refractivity contribution is -0.00904. The van der Waals surface area contributed by atoms with E-state index in [9.17, 15) is 5.11 Å². The number of aromatic nitrogens is 2. The van der Waals surface area contributed by atoms with Crippen LogP contribution < -0.4 is 0 Å². The maximum absolute atomic E-state index is 10.2. The van der Waals surface area contributed by atoms with E-state index in [1.54, 1.807) is 6.20 Å². The average molecular weight is 323 g/mol. The SMILES string of the molecule is CC(C)c1nccn1CC(O)COC(C)c1ccc(Cl)cc1. The van der Waals surface area contributed by atoms with Crippen LogP contribution >= 0.6 is 11.6 Å². The number of ether oxygens (including phenoxy) is 1. The maximum atomic E-state index is 10.2. The Balaban J connectivity index is 1.85. The third-order valence-electron chi connectivity index (χ3n) is 3.55. The highest BCUT2D eigenvalue weighted by molar-refractivity contribution is 6.30. The Kier molecular flexibility index (Phi) is 6.00. The van der Waals surface area contributed by atoms with Crippen LogP contribution in [0.5, 0.6) is 0 Å². The van der Waals surface area contributed by atoms with Crippen molar-refractivity contribution in [2.75, 3.05) is 6.61 Å². The smallest absolute Gasteiger partial charge is 0.111 e. The zero-order valence-electron chi connectivity index (χ0n) is 13.2. The molecule has 1 aromatic heterocycles. The van der Waals surface area contributed by atoms with Crippen molar-refractivity contribution < 1.29 is 9.84 Å². The Morgan fingerprint density at radius 1 is 1.23 bits per heavy atom. The van der Waals surface area contributed by atoms with E-state index in [2.05, 4.69) is 18.8 Å². The minimum absolute atomic E-state index is 0.0840. The molecule has 0 amide bonds. The number of hydrogen-bond donors (Lipinski definition) is 1. The fourth-order valence-corrected chi connectivity index (χ4v) is 2.47. The first-order chi connectivity index (χ1) is 10.5. The van der Waals surface area contributed by atoms with Gasteiger partial charge < -0.3 is 14.4 Å². The van der Waals surface area contributed by atoms with Gasteiger partial charge in [0.05, 0.1) is 25.4 Å². The van der Waals surface area contributed by atoms with Crippen LogP contribution in [0.2, 0.25) is 5.02 Å². The minimum atomic E-state index is -0.568. The van der Waals surface area contributed by atoms with E-state index >= 15 is 0 Å². The Morgan fingerprint density at radius 2 is 1.91 bits per heavy atom. The van der Waals surface area contributed by atoms with E-state index in [1.807, 2.05) is 42.0 Å². The molecule has 5 heteroatoms. The van der Waals surface area contributed by atoms with Crippen LogP contribution in [-0.4, -0.2) is 27.4 Å². The van der Waals surface area contributed by atoms with Gasteiger partial charge in [-0.1, -0.05) is 37.6 Å². The first-order valence-corrected chi connectivity index (χ1v) is 7.91. The molecule has 0 fully saturated rings. The molecule has 4 nitrogen and oxygen atoms in total. The van der Waals surface area contributed by atoms with Gasteiger partial charge in [-0.2, -0.15) is 0 Å². The summed E-state index contributed by atoms with van der Waals surface area (Å²) in [6.45, 7) is 6.90. The second kappa shape index (κ2) is 7.77. The van der Waals surface area contributed by atoms with Gasteiger partial charge in [0.2, 0.25) is 0 Å². The molecule has 0 aliphatic carbocycles. The van der Waals surface area contributed by atoms with Gasteiger partial charge in [0.25, 0.3) is 0 Å². The van der Waals surface area contributed by atoms with E-state index in [-0.39, 0.29) is 12.7 Å². The number of nitrogens with zero attached hydrogens (tertiary/aromatic N) is 2. The van der Waals surface area contributed by atoms with Gasteiger partial charge in [-0.3, -0.25) is 0 Å². The van der Waals surface area contributed by atoms with E-state index < -0.39 is 6.10 Å². The molecule has 1 heterocycles. The zero-order chi connectivity index (χ0) is 16.1. The highest BCUT2D eigenvalue weighted by atomic mass is 35.5. The Bertz CT molecular complexity index is 581. The monoisotopic (exact) mass is 322 g/mol. The molecule has 0 radical (unpaired) electrons. The summed E-state index contributed by atoms with van der Waals surface area (Å²) in [5.74, 6) is 1.31. The summed E-state index contributed by atoms with van der Waals surface area (Å²) < 4.78 is 7.73. The topological polar surface area (TPSA) is 47.3 Å². The minimum Gasteiger partial charge on any atom is -0.389 e. The molecule has 1 aromatic carbocycles. The quantitative estimate of drug-likeness (QED) is 0.843. The third kappa shape index (κ3) is 4.57. The van der Waals surface area contributed by atoms with E-state index in [4.69, 9.17) is 16.3 Å². The number of aliphatic hydroxyl groups excluding tert-OH is 1.